The first-order chi connectivity index (χ1) is 8.77. The monoisotopic (exact) mass is 291 g/mol. The lowest BCUT2D eigenvalue weighted by atomic mass is 10.1. The highest BCUT2D eigenvalue weighted by Gasteiger charge is 2.35. The van der Waals surface area contributed by atoms with Gasteiger partial charge in [0.25, 0.3) is 6.43 Å². The molecule has 3 nitrogen and oxygen atoms in total. The molecule has 0 spiro atoms. The largest absolute Gasteiger partial charge is 0.598 e. The first-order valence-electron chi connectivity index (χ1n) is 5.86. The number of hydrogen-bond donors (Lipinski definition) is 1. The van der Waals surface area contributed by atoms with Gasteiger partial charge in [-0.3, -0.25) is 0 Å². The van der Waals surface area contributed by atoms with Crippen LogP contribution in [0.15, 0.2) is 24.3 Å². The van der Waals surface area contributed by atoms with Crippen molar-refractivity contribution in [1.29, 1.82) is 0 Å². The van der Waals surface area contributed by atoms with E-state index < -0.39 is 28.6 Å². The summed E-state index contributed by atoms with van der Waals surface area (Å²) in [7, 11) is 1.42. The van der Waals surface area contributed by atoms with Gasteiger partial charge in [-0.15, -0.1) is 4.72 Å². The van der Waals surface area contributed by atoms with Crippen LogP contribution in [0.4, 0.5) is 8.78 Å². The molecule has 0 aromatic heterocycles. The van der Waals surface area contributed by atoms with Gasteiger partial charge in [-0.2, -0.15) is 0 Å². The second kappa shape index (κ2) is 6.54. The lowest BCUT2D eigenvalue weighted by Crippen LogP contribution is -2.43. The second-order valence-electron chi connectivity index (χ2n) is 5.05. The van der Waals surface area contributed by atoms with Crippen LogP contribution >= 0.6 is 0 Å². The van der Waals surface area contributed by atoms with Gasteiger partial charge in [0.1, 0.15) is 16.5 Å². The average molecular weight is 291 g/mol. The molecule has 0 fully saturated rings. The molecule has 0 saturated heterocycles. The molecule has 1 aromatic carbocycles. The molecule has 2 atom stereocenters. The normalized spacial score (nSPS) is 15.4. The highest BCUT2D eigenvalue weighted by molar-refractivity contribution is 7.90. The van der Waals surface area contributed by atoms with E-state index in [4.69, 9.17) is 4.74 Å². The van der Waals surface area contributed by atoms with Crippen LogP contribution in [-0.2, 0) is 11.4 Å². The predicted molar refractivity (Wildman–Crippen MR) is 72.8 cm³/mol. The van der Waals surface area contributed by atoms with Gasteiger partial charge < -0.3 is 9.29 Å². The second-order valence-corrected chi connectivity index (χ2v) is 7.05. The first kappa shape index (κ1) is 16.2. The Morgan fingerprint density at radius 1 is 1.26 bits per heavy atom. The van der Waals surface area contributed by atoms with E-state index >= 15 is 0 Å². The number of nitrogens with one attached hydrogen (secondary N) is 1. The number of rotatable bonds is 5. The standard InChI is InChI=1S/C13H19F2NO2S/c1-13(2,3)19(17)16-11(12(14)15)9-7-5-6-8-10(9)18-4/h5-8,11-12,16H,1-4H3/t11-,19+/m1/s1. The lowest BCUT2D eigenvalue weighted by molar-refractivity contribution is 0.107. The molecule has 0 unspecified atom stereocenters. The topological polar surface area (TPSA) is 44.3 Å². The maximum atomic E-state index is 13.2. The Hall–Kier alpha value is -0.850. The van der Waals surface area contributed by atoms with Crippen LogP contribution in [0.3, 0.4) is 0 Å². The van der Waals surface area contributed by atoms with E-state index in [0.29, 0.717) is 11.3 Å². The number of halogens is 2. The molecule has 1 rings (SSSR count). The summed E-state index contributed by atoms with van der Waals surface area (Å²) in [6, 6.07) is 5.17. The molecule has 1 aromatic rings. The smallest absolute Gasteiger partial charge is 0.262 e. The van der Waals surface area contributed by atoms with E-state index in [1.165, 1.54) is 7.11 Å². The van der Waals surface area contributed by atoms with Crippen molar-refractivity contribution in [2.45, 2.75) is 38.0 Å². The Morgan fingerprint density at radius 3 is 2.32 bits per heavy atom. The number of hydrogen-bond acceptors (Lipinski definition) is 3. The van der Waals surface area contributed by atoms with Crippen molar-refractivity contribution >= 4 is 11.4 Å². The fraction of sp³-hybridized carbons (Fsp3) is 0.538. The van der Waals surface area contributed by atoms with Crippen molar-refractivity contribution in [3.63, 3.8) is 0 Å². The van der Waals surface area contributed by atoms with Gasteiger partial charge in [0.05, 0.1) is 7.11 Å². The van der Waals surface area contributed by atoms with Crippen molar-refractivity contribution < 1.29 is 18.1 Å². The maximum Gasteiger partial charge on any atom is 0.262 e. The van der Waals surface area contributed by atoms with Crippen molar-refractivity contribution in [1.82, 2.24) is 4.72 Å². The van der Waals surface area contributed by atoms with E-state index in [9.17, 15) is 13.3 Å². The van der Waals surface area contributed by atoms with Crippen molar-refractivity contribution in [2.75, 3.05) is 7.11 Å². The van der Waals surface area contributed by atoms with Gasteiger partial charge in [0.15, 0.2) is 0 Å². The number of benzene rings is 1. The van der Waals surface area contributed by atoms with Crippen LogP contribution in [0.2, 0.25) is 0 Å². The summed E-state index contributed by atoms with van der Waals surface area (Å²) in [6.07, 6.45) is -2.68. The van der Waals surface area contributed by atoms with Gasteiger partial charge in [-0.05, 0) is 26.8 Å². The van der Waals surface area contributed by atoms with Crippen LogP contribution in [0.25, 0.3) is 0 Å². The number of alkyl halides is 2. The zero-order valence-corrected chi connectivity index (χ0v) is 12.3. The molecule has 0 radical (unpaired) electrons. The molecule has 0 aliphatic rings. The highest BCUT2D eigenvalue weighted by Crippen LogP contribution is 2.31. The van der Waals surface area contributed by atoms with Crippen LogP contribution in [0, 0.1) is 0 Å². The fourth-order valence-electron chi connectivity index (χ4n) is 1.47. The molecule has 1 N–H and O–H groups in total. The molecule has 6 heteroatoms. The minimum atomic E-state index is -2.68. The van der Waals surface area contributed by atoms with Crippen LogP contribution < -0.4 is 9.46 Å². The Kier molecular flexibility index (Phi) is 5.58. The quantitative estimate of drug-likeness (QED) is 0.848. The molecule has 0 aliphatic carbocycles. The number of methoxy groups -OCH3 is 1. The van der Waals surface area contributed by atoms with E-state index in [2.05, 4.69) is 4.72 Å². The SMILES string of the molecule is COc1ccccc1[C@@H](N[S@@+]([O-])C(C)(C)C)C(F)F. The predicted octanol–water partition coefficient (Wildman–Crippen LogP) is 3.05. The van der Waals surface area contributed by atoms with E-state index in [1.54, 1.807) is 45.0 Å². The lowest BCUT2D eigenvalue weighted by Gasteiger charge is -2.28. The number of ether oxygens (including phenoxy) is 1. The summed E-state index contributed by atoms with van der Waals surface area (Å²) in [5, 5.41) is 0. The Labute approximate surface area is 115 Å². The molecule has 108 valence electrons. The summed E-state index contributed by atoms with van der Waals surface area (Å²) in [5.74, 6) is 0.353. The third-order valence-electron chi connectivity index (χ3n) is 2.52. The molecule has 0 heterocycles. The first-order valence-corrected chi connectivity index (χ1v) is 7.01. The van der Waals surface area contributed by atoms with E-state index in [1.807, 2.05) is 0 Å². The van der Waals surface area contributed by atoms with E-state index in [0.717, 1.165) is 0 Å². The average Bonchev–Trinajstić information content (AvgIpc) is 2.34. The molecule has 0 saturated carbocycles. The number of para-hydroxylation sites is 1. The molecule has 19 heavy (non-hydrogen) atoms. The van der Waals surface area contributed by atoms with Gasteiger partial charge in [0.2, 0.25) is 0 Å². The zero-order chi connectivity index (χ0) is 14.6. The Bertz CT molecular complexity index is 410. The van der Waals surface area contributed by atoms with Crippen molar-refractivity contribution in [3.05, 3.63) is 29.8 Å². The highest BCUT2D eigenvalue weighted by atomic mass is 32.2. The minimum Gasteiger partial charge on any atom is -0.598 e. The molecule has 0 bridgehead atoms. The van der Waals surface area contributed by atoms with Gasteiger partial charge in [-0.1, -0.05) is 18.2 Å². The van der Waals surface area contributed by atoms with Gasteiger partial charge in [-0.25, -0.2) is 8.78 Å². The Balaban J connectivity index is 3.01. The van der Waals surface area contributed by atoms with E-state index in [-0.39, 0.29) is 0 Å². The minimum absolute atomic E-state index is 0.303. The fourth-order valence-corrected chi connectivity index (χ4v) is 2.28. The summed E-state index contributed by atoms with van der Waals surface area (Å²) in [5.41, 5.74) is 0.303. The molecular weight excluding hydrogens is 272 g/mol. The Morgan fingerprint density at radius 2 is 1.84 bits per heavy atom. The van der Waals surface area contributed by atoms with Crippen LogP contribution in [-0.4, -0.2) is 22.8 Å². The maximum absolute atomic E-state index is 13.2. The van der Waals surface area contributed by atoms with Crippen LogP contribution in [0.1, 0.15) is 32.4 Å². The third kappa shape index (κ3) is 4.33. The third-order valence-corrected chi connectivity index (χ3v) is 4.10. The van der Waals surface area contributed by atoms with Crippen molar-refractivity contribution in [3.8, 4) is 5.75 Å². The van der Waals surface area contributed by atoms with Crippen molar-refractivity contribution in [2.24, 2.45) is 0 Å². The summed E-state index contributed by atoms with van der Waals surface area (Å²) in [4.78, 5) is 0. The van der Waals surface area contributed by atoms with Gasteiger partial charge >= 0.3 is 0 Å². The van der Waals surface area contributed by atoms with Gasteiger partial charge in [0, 0.05) is 16.9 Å². The van der Waals surface area contributed by atoms with Crippen LogP contribution in [0.5, 0.6) is 5.75 Å². The zero-order valence-electron chi connectivity index (χ0n) is 11.4. The molecular formula is C13H19F2NO2S. The summed E-state index contributed by atoms with van der Waals surface area (Å²) >= 11 is -1.58. The molecule has 0 aliphatic heterocycles. The summed E-state index contributed by atoms with van der Waals surface area (Å²) < 4.78 is 45.3. The summed E-state index contributed by atoms with van der Waals surface area (Å²) in [6.45, 7) is 5.17. The molecule has 0 amide bonds.